The fourth-order valence-electron chi connectivity index (χ4n) is 3.40. The lowest BCUT2D eigenvalue weighted by Gasteiger charge is -2.05. The molecule has 0 spiro atoms. The van der Waals surface area contributed by atoms with Crippen LogP contribution in [0.15, 0.2) is 69.9 Å². The van der Waals surface area contributed by atoms with Crippen LogP contribution in [-0.4, -0.2) is 26.5 Å². The van der Waals surface area contributed by atoms with Gasteiger partial charge in [0.1, 0.15) is 18.2 Å². The molecule has 0 amide bonds. The Bertz CT molecular complexity index is 1500. The standard InChI is InChI=1S/C28H22F6N2O4S/c29-27(30,31)21-7-1-19(2-8-21)5-11-25-35-23(16-39-25)15-38-13-14-41(37)18-24-17-40-26(36-24)12-6-20-3-9-22(10-4-20)28(32,33)34/h1-12,16-17H,13-15,18H2/b11-5+,12-6+. The van der Waals surface area contributed by atoms with Crippen molar-refractivity contribution in [3.8, 4) is 0 Å². The van der Waals surface area contributed by atoms with Gasteiger partial charge in [-0.2, -0.15) is 26.3 Å². The van der Waals surface area contributed by atoms with Crippen molar-refractivity contribution >= 4 is 35.1 Å². The maximum atomic E-state index is 12.7. The molecule has 13 heteroatoms. The van der Waals surface area contributed by atoms with E-state index in [0.717, 1.165) is 24.3 Å². The van der Waals surface area contributed by atoms with Gasteiger partial charge in [-0.15, -0.1) is 0 Å². The molecule has 216 valence electrons. The summed E-state index contributed by atoms with van der Waals surface area (Å²) in [5.41, 5.74) is 0.556. The topological polar surface area (TPSA) is 78.4 Å². The van der Waals surface area contributed by atoms with E-state index in [1.54, 1.807) is 12.2 Å². The van der Waals surface area contributed by atoms with Gasteiger partial charge in [0.05, 0.1) is 35.8 Å². The predicted molar refractivity (Wildman–Crippen MR) is 140 cm³/mol. The molecule has 0 aliphatic carbocycles. The number of aromatic nitrogens is 2. The monoisotopic (exact) mass is 596 g/mol. The molecule has 1 unspecified atom stereocenters. The molecule has 1 atom stereocenters. The van der Waals surface area contributed by atoms with Gasteiger partial charge in [-0.25, -0.2) is 9.97 Å². The van der Waals surface area contributed by atoms with Crippen molar-refractivity contribution in [3.05, 3.63) is 106 Å². The molecule has 6 nitrogen and oxygen atoms in total. The van der Waals surface area contributed by atoms with Crippen molar-refractivity contribution < 1.29 is 44.1 Å². The zero-order valence-corrected chi connectivity index (χ0v) is 21.9. The largest absolute Gasteiger partial charge is 0.445 e. The van der Waals surface area contributed by atoms with E-state index >= 15 is 0 Å². The van der Waals surface area contributed by atoms with Gasteiger partial charge in [0, 0.05) is 28.7 Å². The van der Waals surface area contributed by atoms with Crippen LogP contribution in [0.3, 0.4) is 0 Å². The van der Waals surface area contributed by atoms with Crippen LogP contribution in [0.4, 0.5) is 26.3 Å². The smallest absolute Gasteiger partial charge is 0.416 e. The van der Waals surface area contributed by atoms with Gasteiger partial charge in [0.25, 0.3) is 0 Å². The van der Waals surface area contributed by atoms with E-state index in [1.807, 2.05) is 0 Å². The molecule has 0 aliphatic rings. The first-order valence-electron chi connectivity index (χ1n) is 12.0. The number of alkyl halides is 6. The second-order valence-corrected chi connectivity index (χ2v) is 10.2. The van der Waals surface area contributed by atoms with Gasteiger partial charge in [-0.05, 0) is 47.5 Å². The Morgan fingerprint density at radius 3 is 1.66 bits per heavy atom. The molecular weight excluding hydrogens is 574 g/mol. The number of hydrogen-bond acceptors (Lipinski definition) is 6. The highest BCUT2D eigenvalue weighted by atomic mass is 32.2. The molecule has 4 aromatic rings. The molecule has 4 rings (SSSR count). The van der Waals surface area contributed by atoms with Crippen molar-refractivity contribution in [1.29, 1.82) is 0 Å². The highest BCUT2D eigenvalue weighted by Crippen LogP contribution is 2.30. The summed E-state index contributed by atoms with van der Waals surface area (Å²) in [5.74, 6) is 0.829. The zero-order chi connectivity index (χ0) is 29.5. The Hall–Kier alpha value is -3.97. The van der Waals surface area contributed by atoms with Crippen LogP contribution < -0.4 is 0 Å². The van der Waals surface area contributed by atoms with Crippen LogP contribution in [0.25, 0.3) is 24.3 Å². The third kappa shape index (κ3) is 9.29. The predicted octanol–water partition coefficient (Wildman–Crippen LogP) is 7.51. The zero-order valence-electron chi connectivity index (χ0n) is 21.1. The van der Waals surface area contributed by atoms with Crippen molar-refractivity contribution in [2.75, 3.05) is 12.4 Å². The first kappa shape index (κ1) is 30.0. The van der Waals surface area contributed by atoms with Crippen LogP contribution >= 0.6 is 0 Å². The summed E-state index contributed by atoms with van der Waals surface area (Å²) in [6.07, 6.45) is 0.0987. The Balaban J connectivity index is 1.17. The number of ether oxygens (including phenoxy) is 1. The van der Waals surface area contributed by atoms with E-state index < -0.39 is 34.3 Å². The van der Waals surface area contributed by atoms with Gasteiger partial charge in [-0.1, -0.05) is 24.3 Å². The van der Waals surface area contributed by atoms with Crippen molar-refractivity contribution in [1.82, 2.24) is 9.97 Å². The van der Waals surface area contributed by atoms with Crippen molar-refractivity contribution in [3.63, 3.8) is 0 Å². The summed E-state index contributed by atoms with van der Waals surface area (Å²) in [6, 6.07) is 9.29. The normalized spacial score (nSPS) is 13.4. The van der Waals surface area contributed by atoms with E-state index in [0.29, 0.717) is 22.5 Å². The Morgan fingerprint density at radius 2 is 1.17 bits per heavy atom. The van der Waals surface area contributed by atoms with E-state index in [1.165, 1.54) is 48.9 Å². The molecule has 2 aromatic carbocycles. The lowest BCUT2D eigenvalue weighted by atomic mass is 10.1. The van der Waals surface area contributed by atoms with Crippen LogP contribution in [0.2, 0.25) is 0 Å². The molecule has 0 saturated heterocycles. The summed E-state index contributed by atoms with van der Waals surface area (Å²) in [5, 5.41) is 0. The lowest BCUT2D eigenvalue weighted by molar-refractivity contribution is -0.138. The molecular formula is C28H22F6N2O4S. The Kier molecular flexibility index (Phi) is 9.61. The molecule has 41 heavy (non-hydrogen) atoms. The lowest BCUT2D eigenvalue weighted by Crippen LogP contribution is -2.08. The van der Waals surface area contributed by atoms with Crippen LogP contribution in [0.5, 0.6) is 0 Å². The van der Waals surface area contributed by atoms with Crippen molar-refractivity contribution in [2.45, 2.75) is 24.7 Å². The third-order valence-electron chi connectivity index (χ3n) is 5.47. The minimum Gasteiger partial charge on any atom is -0.445 e. The number of oxazole rings is 2. The number of rotatable bonds is 11. The van der Waals surface area contributed by atoms with Gasteiger partial charge in [0.2, 0.25) is 11.8 Å². The molecule has 0 aliphatic heterocycles. The fourth-order valence-corrected chi connectivity index (χ4v) is 4.31. The Labute approximate surface area is 232 Å². The van der Waals surface area contributed by atoms with Gasteiger partial charge < -0.3 is 13.6 Å². The highest BCUT2D eigenvalue weighted by Gasteiger charge is 2.30. The average molecular weight is 597 g/mol. The summed E-state index contributed by atoms with van der Waals surface area (Å²) < 4.78 is 104. The van der Waals surface area contributed by atoms with Gasteiger partial charge >= 0.3 is 12.4 Å². The maximum Gasteiger partial charge on any atom is 0.416 e. The van der Waals surface area contributed by atoms with E-state index in [9.17, 15) is 30.6 Å². The van der Waals surface area contributed by atoms with Gasteiger partial charge in [0.15, 0.2) is 0 Å². The van der Waals surface area contributed by atoms with E-state index in [4.69, 9.17) is 13.6 Å². The molecule has 0 bridgehead atoms. The highest BCUT2D eigenvalue weighted by molar-refractivity contribution is 7.84. The molecule has 0 radical (unpaired) electrons. The van der Waals surface area contributed by atoms with E-state index in [2.05, 4.69) is 9.97 Å². The third-order valence-corrected chi connectivity index (χ3v) is 6.71. The molecule has 2 heterocycles. The number of nitrogens with zero attached hydrogens (tertiary/aromatic N) is 2. The van der Waals surface area contributed by atoms with Crippen LogP contribution in [0.1, 0.15) is 45.4 Å². The van der Waals surface area contributed by atoms with Crippen LogP contribution in [0, 0.1) is 0 Å². The second-order valence-electron chi connectivity index (χ2n) is 8.60. The van der Waals surface area contributed by atoms with Crippen molar-refractivity contribution in [2.24, 2.45) is 0 Å². The number of benzene rings is 2. The number of halogens is 6. The summed E-state index contributed by atoms with van der Waals surface area (Å²) >= 11 is 0. The summed E-state index contributed by atoms with van der Waals surface area (Å²) in [7, 11) is -1.30. The first-order valence-corrected chi connectivity index (χ1v) is 13.5. The molecule has 0 saturated carbocycles. The maximum absolute atomic E-state index is 12.7. The van der Waals surface area contributed by atoms with Gasteiger partial charge in [-0.3, -0.25) is 4.21 Å². The summed E-state index contributed by atoms with van der Waals surface area (Å²) in [6.45, 7) is 0.284. The second kappa shape index (κ2) is 13.1. The first-order chi connectivity index (χ1) is 19.5. The molecule has 2 aromatic heterocycles. The van der Waals surface area contributed by atoms with Crippen LogP contribution in [-0.2, 0) is 40.2 Å². The average Bonchev–Trinajstić information content (AvgIpc) is 3.57. The number of hydrogen-bond donors (Lipinski definition) is 0. The van der Waals surface area contributed by atoms with E-state index in [-0.39, 0.29) is 36.5 Å². The SMILES string of the molecule is O=S(CCOCc1coc(/C=C/c2ccc(C(F)(F)F)cc2)n1)Cc1coc(/C=C/c2ccc(C(F)(F)F)cc2)n1. The quantitative estimate of drug-likeness (QED) is 0.132. The minimum absolute atomic E-state index is 0.109. The molecule has 0 fully saturated rings. The fraction of sp³-hybridized carbons (Fsp3) is 0.214. The molecule has 0 N–H and O–H groups in total. The Morgan fingerprint density at radius 1 is 0.707 bits per heavy atom. The minimum atomic E-state index is -4.40. The summed E-state index contributed by atoms with van der Waals surface area (Å²) in [4.78, 5) is 8.42.